The van der Waals surface area contributed by atoms with Gasteiger partial charge in [-0.1, -0.05) is 31.5 Å². The van der Waals surface area contributed by atoms with Crippen molar-refractivity contribution in [3.63, 3.8) is 0 Å². The van der Waals surface area contributed by atoms with Gasteiger partial charge in [-0.3, -0.25) is 4.79 Å². The summed E-state index contributed by atoms with van der Waals surface area (Å²) in [5.41, 5.74) is 6.65. The number of nitrogens with zero attached hydrogens (tertiary/aromatic N) is 1. The van der Waals surface area contributed by atoms with Gasteiger partial charge in [0.25, 0.3) is 0 Å². The minimum atomic E-state index is -1.02. The second-order valence-corrected chi connectivity index (χ2v) is 5.53. The molecular weight excluding hydrogens is 292 g/mol. The maximum atomic E-state index is 11.2. The van der Waals surface area contributed by atoms with E-state index in [0.29, 0.717) is 28.7 Å². The van der Waals surface area contributed by atoms with E-state index in [9.17, 15) is 9.59 Å². The number of aliphatic carboxylic acids is 1. The Bertz CT molecular complexity index is 556. The van der Waals surface area contributed by atoms with E-state index in [1.165, 1.54) is 6.08 Å². The van der Waals surface area contributed by atoms with Gasteiger partial charge in [0.2, 0.25) is 5.91 Å². The second-order valence-electron chi connectivity index (χ2n) is 5.12. The topological polar surface area (TPSA) is 83.6 Å². The van der Waals surface area contributed by atoms with Gasteiger partial charge < -0.3 is 15.7 Å². The predicted octanol–water partition coefficient (Wildman–Crippen LogP) is 2.39. The zero-order chi connectivity index (χ0) is 16.0. The van der Waals surface area contributed by atoms with E-state index in [1.54, 1.807) is 18.2 Å². The molecule has 0 heterocycles. The molecule has 5 nitrogen and oxygen atoms in total. The van der Waals surface area contributed by atoms with Crippen LogP contribution in [0.5, 0.6) is 0 Å². The summed E-state index contributed by atoms with van der Waals surface area (Å²) in [6, 6.07) is 5.16. The number of amides is 1. The number of primary amides is 1. The van der Waals surface area contributed by atoms with Crippen molar-refractivity contribution < 1.29 is 14.7 Å². The fourth-order valence-corrected chi connectivity index (χ4v) is 2.24. The number of rotatable bonds is 7. The van der Waals surface area contributed by atoms with Crippen molar-refractivity contribution in [2.45, 2.75) is 13.8 Å². The van der Waals surface area contributed by atoms with E-state index >= 15 is 0 Å². The van der Waals surface area contributed by atoms with Gasteiger partial charge in [0.1, 0.15) is 0 Å². The molecule has 3 N–H and O–H groups in total. The summed E-state index contributed by atoms with van der Waals surface area (Å²) in [4.78, 5) is 23.5. The van der Waals surface area contributed by atoms with Gasteiger partial charge in [-0.25, -0.2) is 4.79 Å². The molecule has 1 rings (SSSR count). The van der Waals surface area contributed by atoms with Gasteiger partial charge in [-0.05, 0) is 29.7 Å². The zero-order valence-corrected chi connectivity index (χ0v) is 12.8. The van der Waals surface area contributed by atoms with Gasteiger partial charge in [-0.15, -0.1) is 0 Å². The van der Waals surface area contributed by atoms with E-state index in [1.807, 2.05) is 18.7 Å². The van der Waals surface area contributed by atoms with Crippen molar-refractivity contribution in [2.75, 3.05) is 18.0 Å². The molecule has 1 aromatic carbocycles. The molecule has 0 saturated carbocycles. The summed E-state index contributed by atoms with van der Waals surface area (Å²) in [5, 5.41) is 9.05. The lowest BCUT2D eigenvalue weighted by molar-refractivity contribution is -0.131. The van der Waals surface area contributed by atoms with Crippen LogP contribution in [0, 0.1) is 5.92 Å². The first-order valence-electron chi connectivity index (χ1n) is 6.53. The number of carboxylic acid groups (broad SMARTS) is 1. The maximum absolute atomic E-state index is 11.2. The predicted molar refractivity (Wildman–Crippen MR) is 84.4 cm³/mol. The van der Waals surface area contributed by atoms with Crippen LogP contribution < -0.4 is 10.6 Å². The van der Waals surface area contributed by atoms with E-state index in [2.05, 4.69) is 0 Å². The fourth-order valence-electron chi connectivity index (χ4n) is 1.93. The van der Waals surface area contributed by atoms with Crippen LogP contribution in [0.2, 0.25) is 5.02 Å². The molecule has 1 aromatic rings. The largest absolute Gasteiger partial charge is 0.478 e. The standard InChI is InChI=1S/C15H19ClN2O3/c1-10(2)8-18(9-14(17)19)13-5-3-11(7-12(13)16)4-6-15(20)21/h3-7,10H,8-9H2,1-2H3,(H2,17,19)(H,20,21)/b6-4+. The first-order chi connectivity index (χ1) is 9.79. The SMILES string of the molecule is CC(C)CN(CC(N)=O)c1ccc(/C=C/C(=O)O)cc1Cl. The summed E-state index contributed by atoms with van der Waals surface area (Å²) >= 11 is 6.23. The van der Waals surface area contributed by atoms with Crippen LogP contribution in [0.3, 0.4) is 0 Å². The molecule has 0 radical (unpaired) electrons. The molecule has 0 spiro atoms. The lowest BCUT2D eigenvalue weighted by atomic mass is 10.1. The molecule has 21 heavy (non-hydrogen) atoms. The smallest absolute Gasteiger partial charge is 0.328 e. The summed E-state index contributed by atoms with van der Waals surface area (Å²) in [6.45, 7) is 4.80. The van der Waals surface area contributed by atoms with E-state index in [-0.39, 0.29) is 6.54 Å². The molecule has 0 atom stereocenters. The van der Waals surface area contributed by atoms with Crippen molar-refractivity contribution in [3.8, 4) is 0 Å². The third-order valence-corrected chi connectivity index (χ3v) is 2.97. The van der Waals surface area contributed by atoms with Gasteiger partial charge in [-0.2, -0.15) is 0 Å². The van der Waals surface area contributed by atoms with Crippen LogP contribution in [0.25, 0.3) is 6.08 Å². The summed E-state index contributed by atoms with van der Waals surface area (Å²) in [6.07, 6.45) is 2.50. The molecular formula is C15H19ClN2O3. The van der Waals surface area contributed by atoms with Crippen LogP contribution in [0.1, 0.15) is 19.4 Å². The Morgan fingerprint density at radius 1 is 1.43 bits per heavy atom. The van der Waals surface area contributed by atoms with Crippen LogP contribution in [0.15, 0.2) is 24.3 Å². The van der Waals surface area contributed by atoms with Crippen LogP contribution >= 0.6 is 11.6 Å². The normalized spacial score (nSPS) is 11.0. The molecule has 0 saturated heterocycles. The lowest BCUT2D eigenvalue weighted by Crippen LogP contribution is -2.36. The molecule has 0 unspecified atom stereocenters. The molecule has 0 aliphatic carbocycles. The Labute approximate surface area is 129 Å². The number of halogens is 1. The molecule has 6 heteroatoms. The van der Waals surface area contributed by atoms with Crippen molar-refractivity contribution in [2.24, 2.45) is 11.7 Å². The monoisotopic (exact) mass is 310 g/mol. The molecule has 0 aliphatic rings. The van der Waals surface area contributed by atoms with Crippen molar-refractivity contribution in [3.05, 3.63) is 34.9 Å². The number of nitrogens with two attached hydrogens (primary N) is 1. The number of hydrogen-bond donors (Lipinski definition) is 2. The Hall–Kier alpha value is -2.01. The first-order valence-corrected chi connectivity index (χ1v) is 6.91. The average molecular weight is 311 g/mol. The minimum absolute atomic E-state index is 0.0855. The average Bonchev–Trinajstić information content (AvgIpc) is 2.34. The van der Waals surface area contributed by atoms with Crippen LogP contribution in [-0.4, -0.2) is 30.1 Å². The molecule has 0 bridgehead atoms. The fraction of sp³-hybridized carbons (Fsp3) is 0.333. The highest BCUT2D eigenvalue weighted by Crippen LogP contribution is 2.28. The Balaban J connectivity index is 3.03. The highest BCUT2D eigenvalue weighted by molar-refractivity contribution is 6.33. The Kier molecular flexibility index (Phi) is 6.24. The van der Waals surface area contributed by atoms with E-state index in [4.69, 9.17) is 22.4 Å². The van der Waals surface area contributed by atoms with Gasteiger partial charge in [0, 0.05) is 12.6 Å². The van der Waals surface area contributed by atoms with E-state index < -0.39 is 11.9 Å². The van der Waals surface area contributed by atoms with Crippen LogP contribution in [-0.2, 0) is 9.59 Å². The van der Waals surface area contributed by atoms with Crippen LogP contribution in [0.4, 0.5) is 5.69 Å². The second kappa shape index (κ2) is 7.69. The molecule has 0 fully saturated rings. The molecule has 114 valence electrons. The Morgan fingerprint density at radius 2 is 2.10 bits per heavy atom. The third-order valence-electron chi connectivity index (χ3n) is 2.66. The van der Waals surface area contributed by atoms with E-state index in [0.717, 1.165) is 6.08 Å². The number of hydrogen-bond acceptors (Lipinski definition) is 3. The first kappa shape index (κ1) is 17.0. The minimum Gasteiger partial charge on any atom is -0.478 e. The zero-order valence-electron chi connectivity index (χ0n) is 12.0. The summed E-state index contributed by atoms with van der Waals surface area (Å²) < 4.78 is 0. The number of carbonyl (C=O) groups excluding carboxylic acids is 1. The summed E-state index contributed by atoms with van der Waals surface area (Å²) in [5.74, 6) is -1.11. The van der Waals surface area contributed by atoms with Gasteiger partial charge in [0.15, 0.2) is 0 Å². The number of benzene rings is 1. The van der Waals surface area contributed by atoms with Crippen molar-refractivity contribution in [1.82, 2.24) is 0 Å². The number of anilines is 1. The third kappa shape index (κ3) is 5.87. The summed E-state index contributed by atoms with van der Waals surface area (Å²) in [7, 11) is 0. The van der Waals surface area contributed by atoms with Crippen molar-refractivity contribution in [1.29, 1.82) is 0 Å². The highest BCUT2D eigenvalue weighted by Gasteiger charge is 2.14. The lowest BCUT2D eigenvalue weighted by Gasteiger charge is -2.26. The van der Waals surface area contributed by atoms with Crippen molar-refractivity contribution >= 4 is 35.2 Å². The molecule has 0 aromatic heterocycles. The quantitative estimate of drug-likeness (QED) is 0.757. The highest BCUT2D eigenvalue weighted by atomic mass is 35.5. The molecule has 0 aliphatic heterocycles. The van der Waals surface area contributed by atoms with Gasteiger partial charge in [0.05, 0.1) is 17.3 Å². The van der Waals surface area contributed by atoms with Gasteiger partial charge >= 0.3 is 5.97 Å². The Morgan fingerprint density at radius 3 is 2.57 bits per heavy atom. The number of carboxylic acids is 1. The maximum Gasteiger partial charge on any atom is 0.328 e. The molecule has 1 amide bonds. The number of carbonyl (C=O) groups is 2.